The number of hydrogen-bond acceptors (Lipinski definition) is 3. The van der Waals surface area contributed by atoms with Crippen molar-refractivity contribution in [1.29, 1.82) is 0 Å². The number of carbonyl (C=O) groups excluding carboxylic acids is 1. The normalized spacial score (nSPS) is 11.4. The highest BCUT2D eigenvalue weighted by atomic mass is 19.4. The molecule has 0 aliphatic heterocycles. The number of amides is 1. The van der Waals surface area contributed by atoms with E-state index in [1.165, 1.54) is 13.8 Å². The summed E-state index contributed by atoms with van der Waals surface area (Å²) in [5.41, 5.74) is 13.3. The lowest BCUT2D eigenvalue weighted by Gasteiger charge is -2.19. The number of nitrogens with one attached hydrogen (secondary N) is 1. The van der Waals surface area contributed by atoms with E-state index < -0.39 is 12.1 Å². The molecule has 0 atom stereocenters. The molecule has 0 saturated carbocycles. The number of alkyl halides is 3. The topological polar surface area (TPSA) is 81.1 Å². The molecule has 1 amide bonds. The molecule has 0 bridgehead atoms. The van der Waals surface area contributed by atoms with Crippen LogP contribution in [0, 0.1) is 20.8 Å². The lowest BCUT2D eigenvalue weighted by atomic mass is 9.99. The first-order valence-corrected chi connectivity index (χ1v) is 5.10. The minimum Gasteiger partial charge on any atom is -0.398 e. The fraction of sp³-hybridized carbons (Fsp3) is 0.364. The van der Waals surface area contributed by atoms with Crippen LogP contribution in [0.4, 0.5) is 30.2 Å². The maximum atomic E-state index is 12.2. The first kappa shape index (κ1) is 14.1. The number of hydrogen-bond donors (Lipinski definition) is 3. The van der Waals surface area contributed by atoms with Crippen LogP contribution < -0.4 is 16.8 Å². The van der Waals surface area contributed by atoms with Gasteiger partial charge in [0, 0.05) is 11.4 Å². The number of benzene rings is 1. The molecule has 100 valence electrons. The summed E-state index contributed by atoms with van der Waals surface area (Å²) in [6.45, 7) is 4.72. The van der Waals surface area contributed by atoms with Crippen molar-refractivity contribution in [1.82, 2.24) is 0 Å². The highest BCUT2D eigenvalue weighted by molar-refractivity contribution is 5.98. The van der Waals surface area contributed by atoms with Crippen molar-refractivity contribution in [2.45, 2.75) is 26.9 Å². The summed E-state index contributed by atoms with van der Waals surface area (Å²) in [6, 6.07) is 0. The molecule has 7 heteroatoms. The highest BCUT2D eigenvalue weighted by Gasteiger charge is 2.39. The minimum absolute atomic E-state index is 0.0120. The second-order valence-corrected chi connectivity index (χ2v) is 4.03. The van der Waals surface area contributed by atoms with Gasteiger partial charge in [0.1, 0.15) is 0 Å². The lowest BCUT2D eigenvalue weighted by Crippen LogP contribution is -2.30. The predicted molar refractivity (Wildman–Crippen MR) is 64.2 cm³/mol. The van der Waals surface area contributed by atoms with Crippen LogP contribution in [0.3, 0.4) is 0 Å². The Morgan fingerprint density at radius 1 is 1.00 bits per heavy atom. The Kier molecular flexibility index (Phi) is 3.45. The SMILES string of the molecule is Cc1c(N)c(C)c(NC(=O)C(F)(F)F)c(C)c1N. The number of nitrogen functional groups attached to an aromatic ring is 2. The maximum absolute atomic E-state index is 12.2. The van der Waals surface area contributed by atoms with Crippen LogP contribution in [-0.4, -0.2) is 12.1 Å². The zero-order valence-corrected chi connectivity index (χ0v) is 10.2. The summed E-state index contributed by atoms with van der Waals surface area (Å²) in [5, 5.41) is 1.80. The van der Waals surface area contributed by atoms with Gasteiger partial charge in [-0.1, -0.05) is 0 Å². The third kappa shape index (κ3) is 2.34. The lowest BCUT2D eigenvalue weighted by molar-refractivity contribution is -0.167. The van der Waals surface area contributed by atoms with E-state index in [4.69, 9.17) is 11.5 Å². The molecule has 0 radical (unpaired) electrons. The molecule has 1 rings (SSSR count). The average Bonchev–Trinajstić information content (AvgIpc) is 2.28. The van der Waals surface area contributed by atoms with Crippen molar-refractivity contribution in [3.63, 3.8) is 0 Å². The van der Waals surface area contributed by atoms with E-state index in [0.717, 1.165) is 0 Å². The molecule has 0 aromatic heterocycles. The molecule has 18 heavy (non-hydrogen) atoms. The van der Waals surface area contributed by atoms with E-state index in [2.05, 4.69) is 0 Å². The molecule has 1 aromatic rings. The van der Waals surface area contributed by atoms with Gasteiger partial charge >= 0.3 is 12.1 Å². The Bertz CT molecular complexity index is 480. The third-order valence-electron chi connectivity index (χ3n) is 2.86. The van der Waals surface area contributed by atoms with Gasteiger partial charge in [0.2, 0.25) is 0 Å². The van der Waals surface area contributed by atoms with E-state index >= 15 is 0 Å². The molecule has 0 aliphatic rings. The molecule has 0 aliphatic carbocycles. The standard InChI is InChI=1S/C11H14F3N3O/c1-4-7(15)5(2)9(6(3)8(4)16)17-10(18)11(12,13)14/h15-16H2,1-3H3,(H,17,18). The molecule has 0 unspecified atom stereocenters. The van der Waals surface area contributed by atoms with Crippen LogP contribution in [0.1, 0.15) is 16.7 Å². The quantitative estimate of drug-likeness (QED) is 0.678. The Labute approximate surface area is 102 Å². The fourth-order valence-corrected chi connectivity index (χ4v) is 1.63. The molecular formula is C11H14F3N3O. The molecular weight excluding hydrogens is 247 g/mol. The number of nitrogens with two attached hydrogens (primary N) is 2. The van der Waals surface area contributed by atoms with E-state index in [1.807, 2.05) is 0 Å². The molecule has 1 aromatic carbocycles. The van der Waals surface area contributed by atoms with Gasteiger partial charge in [-0.2, -0.15) is 13.2 Å². The van der Waals surface area contributed by atoms with Crippen LogP contribution >= 0.6 is 0 Å². The Morgan fingerprint density at radius 2 is 1.39 bits per heavy atom. The average molecular weight is 261 g/mol. The zero-order valence-electron chi connectivity index (χ0n) is 10.2. The van der Waals surface area contributed by atoms with Gasteiger partial charge in [-0.25, -0.2) is 0 Å². The first-order chi connectivity index (χ1) is 8.07. The summed E-state index contributed by atoms with van der Waals surface area (Å²) in [6.07, 6.45) is -4.95. The maximum Gasteiger partial charge on any atom is 0.471 e. The van der Waals surface area contributed by atoms with Crippen molar-refractivity contribution in [2.24, 2.45) is 0 Å². The van der Waals surface area contributed by atoms with E-state index in [1.54, 1.807) is 12.2 Å². The van der Waals surface area contributed by atoms with Crippen molar-refractivity contribution in [3.05, 3.63) is 16.7 Å². The molecule has 0 heterocycles. The van der Waals surface area contributed by atoms with Crippen LogP contribution in [0.2, 0.25) is 0 Å². The molecule has 0 spiro atoms. The van der Waals surface area contributed by atoms with Crippen LogP contribution in [-0.2, 0) is 4.79 Å². The van der Waals surface area contributed by atoms with E-state index in [-0.39, 0.29) is 17.1 Å². The van der Waals surface area contributed by atoms with Crippen molar-refractivity contribution in [3.8, 4) is 0 Å². The smallest absolute Gasteiger partial charge is 0.398 e. The monoisotopic (exact) mass is 261 g/mol. The Balaban J connectivity index is 3.31. The van der Waals surface area contributed by atoms with Gasteiger partial charge in [-0.3, -0.25) is 4.79 Å². The molecule has 0 saturated heterocycles. The molecule has 0 fully saturated rings. The van der Waals surface area contributed by atoms with Crippen molar-refractivity contribution >= 4 is 23.0 Å². The summed E-state index contributed by atoms with van der Waals surface area (Å²) in [4.78, 5) is 10.9. The van der Waals surface area contributed by atoms with E-state index in [9.17, 15) is 18.0 Å². The second-order valence-electron chi connectivity index (χ2n) is 4.03. The predicted octanol–water partition coefficient (Wildman–Crippen LogP) is 2.28. The fourth-order valence-electron chi connectivity index (χ4n) is 1.63. The van der Waals surface area contributed by atoms with Crippen LogP contribution in [0.25, 0.3) is 0 Å². The molecule has 5 N–H and O–H groups in total. The Hall–Kier alpha value is -1.92. The van der Waals surface area contributed by atoms with Gasteiger partial charge in [-0.05, 0) is 37.5 Å². The van der Waals surface area contributed by atoms with Gasteiger partial charge in [-0.15, -0.1) is 0 Å². The summed E-state index contributed by atoms with van der Waals surface area (Å²) < 4.78 is 36.6. The van der Waals surface area contributed by atoms with Gasteiger partial charge in [0.15, 0.2) is 0 Å². The van der Waals surface area contributed by atoms with Gasteiger partial charge in [0.05, 0.1) is 5.69 Å². The second kappa shape index (κ2) is 4.40. The van der Waals surface area contributed by atoms with Crippen LogP contribution in [0.5, 0.6) is 0 Å². The first-order valence-electron chi connectivity index (χ1n) is 5.10. The zero-order chi connectivity index (χ0) is 14.2. The Morgan fingerprint density at radius 3 is 1.72 bits per heavy atom. The summed E-state index contributed by atoms with van der Waals surface area (Å²) in [5.74, 6) is -2.05. The summed E-state index contributed by atoms with van der Waals surface area (Å²) in [7, 11) is 0. The van der Waals surface area contributed by atoms with Crippen LogP contribution in [0.15, 0.2) is 0 Å². The van der Waals surface area contributed by atoms with E-state index in [0.29, 0.717) is 16.7 Å². The minimum atomic E-state index is -4.95. The van der Waals surface area contributed by atoms with Crippen molar-refractivity contribution in [2.75, 3.05) is 16.8 Å². The largest absolute Gasteiger partial charge is 0.471 e. The van der Waals surface area contributed by atoms with Gasteiger partial charge < -0.3 is 16.8 Å². The molecule has 4 nitrogen and oxygen atoms in total. The number of carbonyl (C=O) groups is 1. The summed E-state index contributed by atoms with van der Waals surface area (Å²) >= 11 is 0. The number of halogens is 3. The van der Waals surface area contributed by atoms with Gasteiger partial charge in [0.25, 0.3) is 0 Å². The number of anilines is 3. The van der Waals surface area contributed by atoms with Crippen molar-refractivity contribution < 1.29 is 18.0 Å². The number of rotatable bonds is 1. The highest BCUT2D eigenvalue weighted by Crippen LogP contribution is 2.35. The third-order valence-corrected chi connectivity index (χ3v) is 2.86.